The van der Waals surface area contributed by atoms with E-state index in [9.17, 15) is 0 Å². The molecule has 0 radical (unpaired) electrons. The molecule has 0 fully saturated rings. The van der Waals surface area contributed by atoms with Crippen LogP contribution in [0, 0.1) is 6.92 Å². The number of hydrogen-bond acceptors (Lipinski definition) is 4. The van der Waals surface area contributed by atoms with E-state index in [0.29, 0.717) is 25.6 Å². The van der Waals surface area contributed by atoms with Gasteiger partial charge in [-0.05, 0) is 38.0 Å². The fraction of sp³-hybridized carbons (Fsp3) is 0.524. The summed E-state index contributed by atoms with van der Waals surface area (Å²) >= 11 is 0. The molecule has 0 aliphatic heterocycles. The van der Waals surface area contributed by atoms with Crippen molar-refractivity contribution in [3.8, 4) is 5.75 Å². The molecule has 6 nitrogen and oxygen atoms in total. The highest BCUT2D eigenvalue weighted by Crippen LogP contribution is 2.22. The van der Waals surface area contributed by atoms with Gasteiger partial charge in [0.1, 0.15) is 11.5 Å². The Morgan fingerprint density at radius 2 is 1.96 bits per heavy atom. The molecule has 0 atom stereocenters. The predicted molar refractivity (Wildman–Crippen MR) is 125 cm³/mol. The number of oxazole rings is 1. The van der Waals surface area contributed by atoms with Crippen LogP contribution in [0.3, 0.4) is 0 Å². The maximum absolute atomic E-state index is 5.82. The van der Waals surface area contributed by atoms with Crippen LogP contribution in [0.25, 0.3) is 0 Å². The minimum absolute atomic E-state index is 0. The van der Waals surface area contributed by atoms with Crippen LogP contribution in [0.15, 0.2) is 33.8 Å². The third-order valence-electron chi connectivity index (χ3n) is 4.00. The molecule has 2 N–H and O–H groups in total. The first-order chi connectivity index (χ1) is 12.8. The Labute approximate surface area is 185 Å². The fourth-order valence-corrected chi connectivity index (χ4v) is 2.54. The Kier molecular flexibility index (Phi) is 9.78. The standard InChI is InChI=1S/C21H32N4O2.HI/c1-7-22-20(25-14-19-23-13-18(27-19)21(4,5)6)24-12-16-9-10-17(26-8-2)15(3)11-16;/h9-11,13H,7-8,12,14H2,1-6H3,(H2,22,24,25);1H. The van der Waals surface area contributed by atoms with Crippen molar-refractivity contribution in [3.05, 3.63) is 47.2 Å². The number of benzene rings is 1. The van der Waals surface area contributed by atoms with Gasteiger partial charge in [0.2, 0.25) is 5.89 Å². The fourth-order valence-electron chi connectivity index (χ4n) is 2.54. The third-order valence-corrected chi connectivity index (χ3v) is 4.00. The first-order valence-electron chi connectivity index (χ1n) is 9.53. The molecule has 0 bridgehead atoms. The van der Waals surface area contributed by atoms with E-state index in [0.717, 1.165) is 35.1 Å². The van der Waals surface area contributed by atoms with Gasteiger partial charge in [-0.15, -0.1) is 24.0 Å². The topological polar surface area (TPSA) is 71.7 Å². The van der Waals surface area contributed by atoms with Crippen molar-refractivity contribution in [2.45, 2.75) is 60.0 Å². The summed E-state index contributed by atoms with van der Waals surface area (Å²) in [6.07, 6.45) is 1.80. The summed E-state index contributed by atoms with van der Waals surface area (Å²) in [7, 11) is 0. The average Bonchev–Trinajstić information content (AvgIpc) is 3.09. The summed E-state index contributed by atoms with van der Waals surface area (Å²) in [6, 6.07) is 6.17. The number of aliphatic imine (C=N–C) groups is 1. The Morgan fingerprint density at radius 1 is 1.21 bits per heavy atom. The number of aromatic nitrogens is 1. The Morgan fingerprint density at radius 3 is 2.54 bits per heavy atom. The Bertz CT molecular complexity index is 766. The maximum atomic E-state index is 5.82. The second-order valence-corrected chi connectivity index (χ2v) is 7.45. The lowest BCUT2D eigenvalue weighted by Gasteiger charge is -2.13. The molecular formula is C21H33IN4O2. The molecule has 0 unspecified atom stereocenters. The van der Waals surface area contributed by atoms with E-state index >= 15 is 0 Å². The van der Waals surface area contributed by atoms with Crippen molar-refractivity contribution in [3.63, 3.8) is 0 Å². The van der Waals surface area contributed by atoms with Crippen LogP contribution in [0.4, 0.5) is 0 Å². The molecule has 0 spiro atoms. The van der Waals surface area contributed by atoms with Crippen LogP contribution in [-0.4, -0.2) is 24.1 Å². The number of halogens is 1. The van der Waals surface area contributed by atoms with Gasteiger partial charge in [0, 0.05) is 12.0 Å². The number of nitrogens with zero attached hydrogens (tertiary/aromatic N) is 2. The van der Waals surface area contributed by atoms with Crippen LogP contribution >= 0.6 is 24.0 Å². The summed E-state index contributed by atoms with van der Waals surface area (Å²) in [5, 5.41) is 6.53. The quantitative estimate of drug-likeness (QED) is 0.332. The minimum Gasteiger partial charge on any atom is -0.494 e. The molecule has 0 saturated carbocycles. The Balaban J connectivity index is 0.00000392. The van der Waals surface area contributed by atoms with Gasteiger partial charge in [-0.25, -0.2) is 9.98 Å². The van der Waals surface area contributed by atoms with Crippen LogP contribution in [0.5, 0.6) is 5.75 Å². The molecule has 0 amide bonds. The summed E-state index contributed by atoms with van der Waals surface area (Å²) in [4.78, 5) is 9.00. The van der Waals surface area contributed by atoms with Gasteiger partial charge in [0.25, 0.3) is 0 Å². The van der Waals surface area contributed by atoms with Crippen LogP contribution in [-0.2, 0) is 18.5 Å². The van der Waals surface area contributed by atoms with E-state index in [1.807, 2.05) is 19.9 Å². The number of rotatable bonds is 7. The highest BCUT2D eigenvalue weighted by Gasteiger charge is 2.19. The highest BCUT2D eigenvalue weighted by molar-refractivity contribution is 14.0. The smallest absolute Gasteiger partial charge is 0.213 e. The third kappa shape index (κ3) is 7.33. The molecule has 156 valence electrons. The summed E-state index contributed by atoms with van der Waals surface area (Å²) in [5.74, 6) is 3.20. The normalized spacial score (nSPS) is 11.7. The van der Waals surface area contributed by atoms with Crippen LogP contribution in [0.2, 0.25) is 0 Å². The largest absolute Gasteiger partial charge is 0.494 e. The van der Waals surface area contributed by atoms with Crippen molar-refractivity contribution in [1.82, 2.24) is 15.6 Å². The Hall–Kier alpha value is -1.77. The summed E-state index contributed by atoms with van der Waals surface area (Å²) < 4.78 is 11.4. The number of nitrogens with one attached hydrogen (secondary N) is 2. The number of hydrogen-bond donors (Lipinski definition) is 2. The van der Waals surface area contributed by atoms with Gasteiger partial charge in [-0.2, -0.15) is 0 Å². The lowest BCUT2D eigenvalue weighted by atomic mass is 9.94. The van der Waals surface area contributed by atoms with Crippen molar-refractivity contribution in [2.75, 3.05) is 13.2 Å². The van der Waals surface area contributed by atoms with Crippen molar-refractivity contribution >= 4 is 29.9 Å². The van der Waals surface area contributed by atoms with Crippen molar-refractivity contribution < 1.29 is 9.15 Å². The highest BCUT2D eigenvalue weighted by atomic mass is 127. The first kappa shape index (κ1) is 24.3. The maximum Gasteiger partial charge on any atom is 0.213 e. The SMILES string of the molecule is CCNC(=NCc1ccc(OCC)c(C)c1)NCc1ncc(C(C)(C)C)o1.I. The molecule has 2 aromatic rings. The molecular weight excluding hydrogens is 467 g/mol. The second kappa shape index (κ2) is 11.3. The average molecular weight is 500 g/mol. The van der Waals surface area contributed by atoms with E-state index in [1.54, 1.807) is 6.20 Å². The van der Waals surface area contributed by atoms with Gasteiger partial charge in [-0.1, -0.05) is 32.9 Å². The minimum atomic E-state index is -0.0463. The second-order valence-electron chi connectivity index (χ2n) is 7.45. The molecule has 1 aromatic heterocycles. The monoisotopic (exact) mass is 500 g/mol. The van der Waals surface area contributed by atoms with Gasteiger partial charge < -0.3 is 19.8 Å². The number of aryl methyl sites for hydroxylation is 1. The summed E-state index contributed by atoms with van der Waals surface area (Å²) in [5.41, 5.74) is 2.21. The van der Waals surface area contributed by atoms with Gasteiger partial charge in [0.15, 0.2) is 5.96 Å². The molecule has 7 heteroatoms. The van der Waals surface area contributed by atoms with E-state index in [2.05, 4.69) is 60.4 Å². The predicted octanol–water partition coefficient (Wildman–Crippen LogP) is 4.55. The zero-order valence-electron chi connectivity index (χ0n) is 17.8. The van der Waals surface area contributed by atoms with Crippen molar-refractivity contribution in [2.24, 2.45) is 4.99 Å². The van der Waals surface area contributed by atoms with E-state index < -0.39 is 0 Å². The number of ether oxygens (including phenoxy) is 1. The lowest BCUT2D eigenvalue weighted by molar-refractivity contribution is 0.338. The van der Waals surface area contributed by atoms with Crippen LogP contribution in [0.1, 0.15) is 57.4 Å². The van der Waals surface area contributed by atoms with Crippen molar-refractivity contribution in [1.29, 1.82) is 0 Å². The molecule has 0 aliphatic rings. The van der Waals surface area contributed by atoms with E-state index in [-0.39, 0.29) is 29.4 Å². The molecule has 0 aliphatic carbocycles. The van der Waals surface area contributed by atoms with E-state index in [1.165, 1.54) is 0 Å². The molecule has 28 heavy (non-hydrogen) atoms. The summed E-state index contributed by atoms with van der Waals surface area (Å²) in [6.45, 7) is 14.9. The zero-order chi connectivity index (χ0) is 19.9. The van der Waals surface area contributed by atoms with Gasteiger partial charge in [0.05, 0.1) is 25.9 Å². The number of guanidine groups is 1. The molecule has 1 heterocycles. The molecule has 2 rings (SSSR count). The van der Waals surface area contributed by atoms with Gasteiger partial charge in [-0.3, -0.25) is 0 Å². The first-order valence-corrected chi connectivity index (χ1v) is 9.53. The van der Waals surface area contributed by atoms with Gasteiger partial charge >= 0.3 is 0 Å². The zero-order valence-corrected chi connectivity index (χ0v) is 20.1. The van der Waals surface area contributed by atoms with Crippen LogP contribution < -0.4 is 15.4 Å². The van der Waals surface area contributed by atoms with E-state index in [4.69, 9.17) is 9.15 Å². The molecule has 1 aromatic carbocycles. The molecule has 0 saturated heterocycles. The lowest BCUT2D eigenvalue weighted by Crippen LogP contribution is -2.36.